The van der Waals surface area contributed by atoms with Crippen molar-refractivity contribution in [3.05, 3.63) is 29.8 Å². The molecule has 20 heavy (non-hydrogen) atoms. The Morgan fingerprint density at radius 2 is 1.90 bits per heavy atom. The van der Waals surface area contributed by atoms with Crippen LogP contribution in [0.4, 0.5) is 0 Å². The first-order valence-corrected chi connectivity index (χ1v) is 8.77. The molecule has 1 aromatic carbocycles. The highest BCUT2D eigenvalue weighted by molar-refractivity contribution is 7.89. The van der Waals surface area contributed by atoms with E-state index in [1.165, 1.54) is 4.31 Å². The lowest BCUT2D eigenvalue weighted by Gasteiger charge is -2.33. The van der Waals surface area contributed by atoms with E-state index in [0.717, 1.165) is 44.3 Å². The zero-order valence-corrected chi connectivity index (χ0v) is 13.1. The van der Waals surface area contributed by atoms with Gasteiger partial charge < -0.3 is 5.32 Å². The predicted molar refractivity (Wildman–Crippen MR) is 81.0 cm³/mol. The van der Waals surface area contributed by atoms with E-state index in [0.29, 0.717) is 4.90 Å². The molecule has 0 radical (unpaired) electrons. The smallest absolute Gasteiger partial charge is 0.243 e. The van der Waals surface area contributed by atoms with Gasteiger partial charge in [-0.3, -0.25) is 0 Å². The van der Waals surface area contributed by atoms with Crippen LogP contribution in [-0.4, -0.2) is 32.4 Å². The highest BCUT2D eigenvalue weighted by atomic mass is 32.2. The molecule has 5 heteroatoms. The van der Waals surface area contributed by atoms with Gasteiger partial charge in [0.05, 0.1) is 4.90 Å². The van der Waals surface area contributed by atoms with Crippen LogP contribution in [0.3, 0.4) is 0 Å². The normalized spacial score (nSPS) is 16.4. The fourth-order valence-electron chi connectivity index (χ4n) is 2.30. The van der Waals surface area contributed by atoms with Crippen LogP contribution in [0.15, 0.2) is 29.2 Å². The summed E-state index contributed by atoms with van der Waals surface area (Å²) in [5.74, 6) is 0. The van der Waals surface area contributed by atoms with Crippen LogP contribution in [-0.2, 0) is 16.6 Å². The van der Waals surface area contributed by atoms with Crippen molar-refractivity contribution in [2.24, 2.45) is 0 Å². The van der Waals surface area contributed by atoms with E-state index < -0.39 is 10.0 Å². The fourth-order valence-corrected chi connectivity index (χ4v) is 3.72. The monoisotopic (exact) mass is 296 g/mol. The summed E-state index contributed by atoms with van der Waals surface area (Å²) in [5, 5.41) is 3.31. The lowest BCUT2D eigenvalue weighted by Crippen LogP contribution is -2.41. The summed E-state index contributed by atoms with van der Waals surface area (Å²) in [4.78, 5) is 0.395. The lowest BCUT2D eigenvalue weighted by molar-refractivity contribution is 0.249. The minimum Gasteiger partial charge on any atom is -0.313 e. The summed E-state index contributed by atoms with van der Waals surface area (Å²) < 4.78 is 26.4. The Morgan fingerprint density at radius 3 is 2.40 bits per heavy atom. The maximum atomic E-state index is 12.4. The zero-order chi connectivity index (χ0) is 14.6. The van der Waals surface area contributed by atoms with Gasteiger partial charge in [0.15, 0.2) is 0 Å². The first-order valence-electron chi connectivity index (χ1n) is 7.33. The molecule has 1 aliphatic rings. The number of hydrogen-bond donors (Lipinski definition) is 1. The summed E-state index contributed by atoms with van der Waals surface area (Å²) in [7, 11) is -1.64. The maximum Gasteiger partial charge on any atom is 0.243 e. The van der Waals surface area contributed by atoms with Crippen LogP contribution in [0.5, 0.6) is 0 Å². The SMILES string of the molecule is CCCNCc1ccc(S(=O)(=O)N(C)C2CCC2)cc1. The van der Waals surface area contributed by atoms with Gasteiger partial charge in [0.25, 0.3) is 0 Å². The largest absolute Gasteiger partial charge is 0.313 e. The average Bonchev–Trinajstić information content (AvgIpc) is 2.37. The maximum absolute atomic E-state index is 12.4. The summed E-state index contributed by atoms with van der Waals surface area (Å²) in [5.41, 5.74) is 1.11. The summed E-state index contributed by atoms with van der Waals surface area (Å²) in [6.07, 6.45) is 4.19. The van der Waals surface area contributed by atoms with E-state index in [2.05, 4.69) is 12.2 Å². The number of rotatable bonds is 7. The second kappa shape index (κ2) is 6.70. The highest BCUT2D eigenvalue weighted by Gasteiger charge is 2.31. The van der Waals surface area contributed by atoms with E-state index >= 15 is 0 Å². The molecule has 0 bridgehead atoms. The third-order valence-electron chi connectivity index (χ3n) is 3.95. The second-order valence-corrected chi connectivity index (χ2v) is 7.42. The molecule has 0 heterocycles. The van der Waals surface area contributed by atoms with Crippen LogP contribution in [0, 0.1) is 0 Å². The van der Waals surface area contributed by atoms with E-state index in [1.807, 2.05) is 12.1 Å². The van der Waals surface area contributed by atoms with Gasteiger partial charge in [-0.05, 0) is 43.5 Å². The summed E-state index contributed by atoms with van der Waals surface area (Å²) in [6.45, 7) is 3.88. The predicted octanol–water partition coefficient (Wildman–Crippen LogP) is 2.36. The van der Waals surface area contributed by atoms with Crippen molar-refractivity contribution in [2.75, 3.05) is 13.6 Å². The number of hydrogen-bond acceptors (Lipinski definition) is 3. The van der Waals surface area contributed by atoms with Crippen LogP contribution < -0.4 is 5.32 Å². The third kappa shape index (κ3) is 3.40. The molecule has 4 nitrogen and oxygen atoms in total. The molecule has 1 N–H and O–H groups in total. The Labute approximate surface area is 122 Å². The van der Waals surface area contributed by atoms with Crippen molar-refractivity contribution in [1.82, 2.24) is 9.62 Å². The molecule has 1 saturated carbocycles. The lowest BCUT2D eigenvalue weighted by atomic mass is 9.94. The van der Waals surface area contributed by atoms with Gasteiger partial charge in [-0.1, -0.05) is 25.5 Å². The van der Waals surface area contributed by atoms with Gasteiger partial charge in [0, 0.05) is 19.6 Å². The molecule has 0 unspecified atom stereocenters. The molecule has 2 rings (SSSR count). The molecular formula is C15H24N2O2S. The molecule has 0 aliphatic heterocycles. The van der Waals surface area contributed by atoms with Crippen molar-refractivity contribution in [2.45, 2.75) is 50.1 Å². The molecule has 0 atom stereocenters. The van der Waals surface area contributed by atoms with Crippen molar-refractivity contribution >= 4 is 10.0 Å². The van der Waals surface area contributed by atoms with E-state index in [1.54, 1.807) is 19.2 Å². The molecule has 0 aromatic heterocycles. The van der Waals surface area contributed by atoms with E-state index in [-0.39, 0.29) is 6.04 Å². The minimum atomic E-state index is -3.33. The zero-order valence-electron chi connectivity index (χ0n) is 12.3. The Bertz CT molecular complexity index is 521. The molecule has 0 amide bonds. The summed E-state index contributed by atoms with van der Waals surface area (Å²) >= 11 is 0. The minimum absolute atomic E-state index is 0.186. The number of nitrogens with zero attached hydrogens (tertiary/aromatic N) is 1. The average molecular weight is 296 g/mol. The van der Waals surface area contributed by atoms with Crippen LogP contribution >= 0.6 is 0 Å². The third-order valence-corrected chi connectivity index (χ3v) is 5.87. The van der Waals surface area contributed by atoms with Crippen LogP contribution in [0.2, 0.25) is 0 Å². The Morgan fingerprint density at radius 1 is 1.25 bits per heavy atom. The second-order valence-electron chi connectivity index (χ2n) is 5.43. The van der Waals surface area contributed by atoms with Crippen LogP contribution in [0.25, 0.3) is 0 Å². The van der Waals surface area contributed by atoms with Crippen molar-refractivity contribution in [3.63, 3.8) is 0 Å². The number of benzene rings is 1. The van der Waals surface area contributed by atoms with Gasteiger partial charge in [0.1, 0.15) is 0 Å². The van der Waals surface area contributed by atoms with Crippen LogP contribution in [0.1, 0.15) is 38.2 Å². The molecule has 1 aromatic rings. The van der Waals surface area contributed by atoms with E-state index in [9.17, 15) is 8.42 Å². The van der Waals surface area contributed by atoms with Gasteiger partial charge in [-0.15, -0.1) is 0 Å². The van der Waals surface area contributed by atoms with Crippen molar-refractivity contribution in [3.8, 4) is 0 Å². The first-order chi connectivity index (χ1) is 9.55. The highest BCUT2D eigenvalue weighted by Crippen LogP contribution is 2.28. The Kier molecular flexibility index (Phi) is 5.18. The molecule has 0 spiro atoms. The van der Waals surface area contributed by atoms with Gasteiger partial charge >= 0.3 is 0 Å². The van der Waals surface area contributed by atoms with E-state index in [4.69, 9.17) is 0 Å². The molecular weight excluding hydrogens is 272 g/mol. The standard InChI is InChI=1S/C15H24N2O2S/c1-3-11-16-12-13-7-9-15(10-8-13)20(18,19)17(2)14-5-4-6-14/h7-10,14,16H,3-6,11-12H2,1-2H3. The Hall–Kier alpha value is -0.910. The van der Waals surface area contributed by atoms with Gasteiger partial charge in [0.2, 0.25) is 10.0 Å². The topological polar surface area (TPSA) is 49.4 Å². The molecule has 0 saturated heterocycles. The fraction of sp³-hybridized carbons (Fsp3) is 0.600. The molecule has 112 valence electrons. The van der Waals surface area contributed by atoms with Crippen molar-refractivity contribution in [1.29, 1.82) is 0 Å². The van der Waals surface area contributed by atoms with Gasteiger partial charge in [-0.2, -0.15) is 4.31 Å². The Balaban J connectivity index is 2.04. The number of sulfonamides is 1. The number of nitrogens with one attached hydrogen (secondary N) is 1. The van der Waals surface area contributed by atoms with Crippen molar-refractivity contribution < 1.29 is 8.42 Å². The quantitative estimate of drug-likeness (QED) is 0.786. The summed E-state index contributed by atoms with van der Waals surface area (Å²) in [6, 6.07) is 7.40. The molecule has 1 fully saturated rings. The first kappa shape index (κ1) is 15.5. The molecule has 1 aliphatic carbocycles. The van der Waals surface area contributed by atoms with Gasteiger partial charge in [-0.25, -0.2) is 8.42 Å².